The number of hydrogen-bond acceptors (Lipinski definition) is 3. The average molecular weight is 250 g/mol. The quantitative estimate of drug-likeness (QED) is 0.766. The van der Waals surface area contributed by atoms with E-state index in [2.05, 4.69) is 21.8 Å². The molecule has 18 heavy (non-hydrogen) atoms. The summed E-state index contributed by atoms with van der Waals surface area (Å²) in [7, 11) is 0. The molecule has 2 rings (SSSR count). The molecule has 1 aliphatic rings. The maximum absolute atomic E-state index is 11.8. The highest BCUT2D eigenvalue weighted by Crippen LogP contribution is 2.08. The van der Waals surface area contributed by atoms with Gasteiger partial charge in [-0.2, -0.15) is 0 Å². The van der Waals surface area contributed by atoms with Crippen LogP contribution in [0.1, 0.15) is 32.0 Å². The van der Waals surface area contributed by atoms with Gasteiger partial charge >= 0.3 is 0 Å². The Morgan fingerprint density at radius 1 is 1.44 bits per heavy atom. The molecule has 0 bridgehead atoms. The van der Waals surface area contributed by atoms with Crippen molar-refractivity contribution in [2.24, 2.45) is 0 Å². The lowest BCUT2D eigenvalue weighted by molar-refractivity contribution is -0.130. The number of aromatic nitrogens is 2. The van der Waals surface area contributed by atoms with Gasteiger partial charge in [-0.25, -0.2) is 4.98 Å². The molecule has 0 aromatic carbocycles. The molecule has 0 unspecified atom stereocenters. The van der Waals surface area contributed by atoms with E-state index in [4.69, 9.17) is 0 Å². The minimum absolute atomic E-state index is 0.277. The Bertz CT molecular complexity index is 382. The number of hydrogen-bond donors (Lipinski definition) is 1. The second-order valence-corrected chi connectivity index (χ2v) is 4.64. The minimum Gasteiger partial charge on any atom is -0.343 e. The summed E-state index contributed by atoms with van der Waals surface area (Å²) < 4.78 is 2.11. The zero-order valence-electron chi connectivity index (χ0n) is 11.1. The summed E-state index contributed by atoms with van der Waals surface area (Å²) in [4.78, 5) is 18.0. The van der Waals surface area contributed by atoms with Crippen LogP contribution >= 0.6 is 0 Å². The first-order valence-electron chi connectivity index (χ1n) is 6.79. The third kappa shape index (κ3) is 3.32. The van der Waals surface area contributed by atoms with E-state index in [0.29, 0.717) is 6.42 Å². The highest BCUT2D eigenvalue weighted by Gasteiger charge is 2.16. The number of nitrogens with one attached hydrogen (secondary N) is 1. The summed E-state index contributed by atoms with van der Waals surface area (Å²) in [6.07, 6.45) is 6.70. The van der Waals surface area contributed by atoms with E-state index in [1.54, 1.807) is 0 Å². The molecule has 1 fully saturated rings. The molecule has 1 amide bonds. The lowest BCUT2D eigenvalue weighted by Gasteiger charge is -2.15. The maximum atomic E-state index is 11.8. The predicted octanol–water partition coefficient (Wildman–Crippen LogP) is 1.01. The topological polar surface area (TPSA) is 50.2 Å². The molecule has 0 radical (unpaired) electrons. The number of aryl methyl sites for hydroxylation is 1. The largest absolute Gasteiger partial charge is 0.343 e. The van der Waals surface area contributed by atoms with Gasteiger partial charge in [0, 0.05) is 45.0 Å². The summed E-state index contributed by atoms with van der Waals surface area (Å²) in [5, 5.41) is 3.29. The molecule has 1 N–H and O–H groups in total. The first-order chi connectivity index (χ1) is 8.81. The lowest BCUT2D eigenvalue weighted by Crippen LogP contribution is -2.30. The molecular formula is C13H22N4O. The monoisotopic (exact) mass is 250 g/mol. The Morgan fingerprint density at radius 3 is 2.94 bits per heavy atom. The fourth-order valence-electron chi connectivity index (χ4n) is 2.32. The molecule has 100 valence electrons. The van der Waals surface area contributed by atoms with E-state index in [9.17, 15) is 4.79 Å². The Morgan fingerprint density at radius 2 is 2.22 bits per heavy atom. The molecule has 0 aliphatic carbocycles. The first-order valence-corrected chi connectivity index (χ1v) is 6.79. The van der Waals surface area contributed by atoms with Gasteiger partial charge in [-0.3, -0.25) is 4.79 Å². The fourth-order valence-corrected chi connectivity index (χ4v) is 2.32. The third-order valence-electron chi connectivity index (χ3n) is 3.40. The molecule has 0 spiro atoms. The van der Waals surface area contributed by atoms with E-state index < -0.39 is 0 Å². The Hall–Kier alpha value is -1.36. The molecule has 0 atom stereocenters. The highest BCUT2D eigenvalue weighted by atomic mass is 16.2. The highest BCUT2D eigenvalue weighted by molar-refractivity contribution is 5.76. The van der Waals surface area contributed by atoms with Gasteiger partial charge < -0.3 is 14.8 Å². The standard InChI is InChI=1S/C13H22N4O/c1-2-16-10-7-15-12(16)11-14-6-5-13(18)17-8-3-4-9-17/h7,10,14H,2-6,8-9,11H2,1H3. The smallest absolute Gasteiger partial charge is 0.223 e. The molecule has 0 saturated carbocycles. The van der Waals surface area contributed by atoms with Crippen molar-refractivity contribution in [3.63, 3.8) is 0 Å². The van der Waals surface area contributed by atoms with Crippen molar-refractivity contribution >= 4 is 5.91 Å². The van der Waals surface area contributed by atoms with Crippen LogP contribution in [0, 0.1) is 0 Å². The van der Waals surface area contributed by atoms with Gasteiger partial charge in [0.25, 0.3) is 0 Å². The Labute approximate surface area is 108 Å². The van der Waals surface area contributed by atoms with Crippen molar-refractivity contribution < 1.29 is 4.79 Å². The molecule has 1 aliphatic heterocycles. The van der Waals surface area contributed by atoms with Crippen LogP contribution < -0.4 is 5.32 Å². The maximum Gasteiger partial charge on any atom is 0.223 e. The van der Waals surface area contributed by atoms with Crippen LogP contribution in [-0.4, -0.2) is 40.0 Å². The molecule has 1 saturated heterocycles. The van der Waals surface area contributed by atoms with E-state index in [0.717, 1.165) is 51.4 Å². The zero-order chi connectivity index (χ0) is 12.8. The van der Waals surface area contributed by atoms with E-state index in [-0.39, 0.29) is 5.91 Å². The first kappa shape index (κ1) is 13.1. The second-order valence-electron chi connectivity index (χ2n) is 4.64. The van der Waals surface area contributed by atoms with Crippen LogP contribution in [-0.2, 0) is 17.9 Å². The van der Waals surface area contributed by atoms with E-state index in [1.807, 2.05) is 17.3 Å². The van der Waals surface area contributed by atoms with Crippen LogP contribution in [0.5, 0.6) is 0 Å². The van der Waals surface area contributed by atoms with Crippen LogP contribution in [0.25, 0.3) is 0 Å². The van der Waals surface area contributed by atoms with Gasteiger partial charge in [-0.15, -0.1) is 0 Å². The minimum atomic E-state index is 0.277. The van der Waals surface area contributed by atoms with Gasteiger partial charge in [0.2, 0.25) is 5.91 Å². The van der Waals surface area contributed by atoms with E-state index >= 15 is 0 Å². The molecule has 1 aromatic heterocycles. The number of nitrogens with zero attached hydrogens (tertiary/aromatic N) is 3. The molecule has 5 heteroatoms. The van der Waals surface area contributed by atoms with Crippen molar-refractivity contribution in [1.29, 1.82) is 0 Å². The van der Waals surface area contributed by atoms with Crippen molar-refractivity contribution in [2.45, 2.75) is 39.3 Å². The summed E-state index contributed by atoms with van der Waals surface area (Å²) in [5.74, 6) is 1.31. The van der Waals surface area contributed by atoms with Crippen LogP contribution in [0.3, 0.4) is 0 Å². The van der Waals surface area contributed by atoms with Crippen LogP contribution in [0.4, 0.5) is 0 Å². The van der Waals surface area contributed by atoms with Crippen molar-refractivity contribution in [1.82, 2.24) is 19.8 Å². The van der Waals surface area contributed by atoms with Gasteiger partial charge in [0.05, 0.1) is 6.54 Å². The molecular weight excluding hydrogens is 228 g/mol. The number of carbonyl (C=O) groups is 1. The molecule has 5 nitrogen and oxygen atoms in total. The second kappa shape index (κ2) is 6.54. The third-order valence-corrected chi connectivity index (χ3v) is 3.40. The SMILES string of the molecule is CCn1ccnc1CNCCC(=O)N1CCCC1. The Kier molecular flexibility index (Phi) is 4.75. The predicted molar refractivity (Wildman–Crippen MR) is 70.0 cm³/mol. The molecule has 2 heterocycles. The van der Waals surface area contributed by atoms with Gasteiger partial charge in [-0.05, 0) is 19.8 Å². The number of rotatable bonds is 6. The van der Waals surface area contributed by atoms with Crippen molar-refractivity contribution in [3.8, 4) is 0 Å². The zero-order valence-corrected chi connectivity index (χ0v) is 11.1. The summed E-state index contributed by atoms with van der Waals surface area (Å²) in [6.45, 7) is 6.38. The summed E-state index contributed by atoms with van der Waals surface area (Å²) >= 11 is 0. The normalized spacial score (nSPS) is 15.3. The molecule has 1 aromatic rings. The number of likely N-dealkylation sites (tertiary alicyclic amines) is 1. The average Bonchev–Trinajstić information content (AvgIpc) is 3.04. The van der Waals surface area contributed by atoms with Crippen molar-refractivity contribution in [3.05, 3.63) is 18.2 Å². The van der Waals surface area contributed by atoms with Crippen LogP contribution in [0.2, 0.25) is 0 Å². The summed E-state index contributed by atoms with van der Waals surface area (Å²) in [5.41, 5.74) is 0. The van der Waals surface area contributed by atoms with Crippen LogP contribution in [0.15, 0.2) is 12.4 Å². The van der Waals surface area contributed by atoms with E-state index in [1.165, 1.54) is 0 Å². The van der Waals surface area contributed by atoms with Gasteiger partial charge in [-0.1, -0.05) is 0 Å². The summed E-state index contributed by atoms with van der Waals surface area (Å²) in [6, 6.07) is 0. The van der Waals surface area contributed by atoms with Gasteiger partial charge in [0.15, 0.2) is 0 Å². The number of carbonyl (C=O) groups excluding carboxylic acids is 1. The fraction of sp³-hybridized carbons (Fsp3) is 0.692. The number of amides is 1. The van der Waals surface area contributed by atoms with Crippen molar-refractivity contribution in [2.75, 3.05) is 19.6 Å². The Balaban J connectivity index is 1.65. The number of imidazole rings is 1. The van der Waals surface area contributed by atoms with Gasteiger partial charge in [0.1, 0.15) is 5.82 Å². The lowest BCUT2D eigenvalue weighted by atomic mass is 10.3.